The van der Waals surface area contributed by atoms with Gasteiger partial charge in [0.25, 0.3) is 0 Å². The third kappa shape index (κ3) is 5.44. The van der Waals surface area contributed by atoms with Crippen LogP contribution in [0, 0.1) is 6.92 Å². The first kappa shape index (κ1) is 22.4. The highest BCUT2D eigenvalue weighted by Crippen LogP contribution is 2.40. The van der Waals surface area contributed by atoms with Crippen LogP contribution in [0.25, 0.3) is 11.1 Å². The second-order valence-electron chi connectivity index (χ2n) is 6.84. The summed E-state index contributed by atoms with van der Waals surface area (Å²) >= 11 is 0. The number of ether oxygens (including phenoxy) is 2. The number of alkyl halides is 3. The van der Waals surface area contributed by atoms with Crippen LogP contribution in [0.3, 0.4) is 0 Å². The van der Waals surface area contributed by atoms with E-state index in [2.05, 4.69) is 0 Å². The normalized spacial score (nSPS) is 11.3. The lowest BCUT2D eigenvalue weighted by Crippen LogP contribution is -2.10. The van der Waals surface area contributed by atoms with Gasteiger partial charge in [-0.15, -0.1) is 0 Å². The Balaban J connectivity index is 1.91. The van der Waals surface area contributed by atoms with Gasteiger partial charge in [0.1, 0.15) is 31.0 Å². The van der Waals surface area contributed by atoms with Gasteiger partial charge in [0.05, 0.1) is 12.2 Å². The van der Waals surface area contributed by atoms with Crippen molar-refractivity contribution in [2.75, 3.05) is 13.2 Å². The number of carbonyl (C=O) groups excluding carboxylic acids is 1. The second-order valence-corrected chi connectivity index (χ2v) is 6.84. The molecule has 3 aromatic carbocycles. The van der Waals surface area contributed by atoms with Crippen LogP contribution < -0.4 is 9.47 Å². The minimum atomic E-state index is -4.58. The van der Waals surface area contributed by atoms with Gasteiger partial charge < -0.3 is 14.6 Å². The summed E-state index contributed by atoms with van der Waals surface area (Å²) in [5.74, 6) is 0.595. The molecule has 0 heterocycles. The van der Waals surface area contributed by atoms with Crippen molar-refractivity contribution < 1.29 is 32.5 Å². The first-order valence-corrected chi connectivity index (χ1v) is 9.55. The molecule has 0 aromatic heterocycles. The maximum Gasteiger partial charge on any atom is 0.417 e. The van der Waals surface area contributed by atoms with Crippen LogP contribution in [0.4, 0.5) is 13.2 Å². The monoisotopic (exact) mass is 430 g/mol. The predicted octanol–water partition coefficient (Wildman–Crippen LogP) is 5.44. The zero-order valence-corrected chi connectivity index (χ0v) is 16.8. The van der Waals surface area contributed by atoms with Gasteiger partial charge in [-0.2, -0.15) is 13.2 Å². The zero-order valence-electron chi connectivity index (χ0n) is 16.8. The van der Waals surface area contributed by atoms with Gasteiger partial charge in [0.15, 0.2) is 0 Å². The van der Waals surface area contributed by atoms with E-state index in [1.54, 1.807) is 49.4 Å². The summed E-state index contributed by atoms with van der Waals surface area (Å²) in [5.41, 5.74) is 1.61. The molecule has 0 amide bonds. The van der Waals surface area contributed by atoms with Gasteiger partial charge in [0.2, 0.25) is 0 Å². The number of aliphatic hydroxyl groups excluding tert-OH is 1. The van der Waals surface area contributed by atoms with Crippen LogP contribution in [0.5, 0.6) is 11.5 Å². The van der Waals surface area contributed by atoms with E-state index in [1.165, 1.54) is 12.1 Å². The fourth-order valence-corrected chi connectivity index (χ4v) is 3.18. The maximum atomic E-state index is 13.7. The lowest BCUT2D eigenvalue weighted by molar-refractivity contribution is -0.137. The van der Waals surface area contributed by atoms with E-state index in [9.17, 15) is 18.0 Å². The number of hydrogen-bond acceptors (Lipinski definition) is 4. The number of hydrogen-bond donors (Lipinski definition) is 1. The molecule has 7 heteroatoms. The standard InChI is InChI=1S/C24H21F3O4/c1-16-18(15-31-19-7-5-17(14-29)6-8-19)3-2-4-21(16)22-10-9-20(30-12-11-28)13-23(22)24(25,26)27/h2-10,13-14,28H,11-12,15H2,1H3. The highest BCUT2D eigenvalue weighted by atomic mass is 19.4. The van der Waals surface area contributed by atoms with Crippen molar-refractivity contribution in [1.82, 2.24) is 0 Å². The fourth-order valence-electron chi connectivity index (χ4n) is 3.18. The van der Waals surface area contributed by atoms with E-state index in [-0.39, 0.29) is 31.1 Å². The molecule has 0 saturated heterocycles. The summed E-state index contributed by atoms with van der Waals surface area (Å²) in [4.78, 5) is 10.7. The molecule has 0 aliphatic rings. The number of aliphatic hydroxyl groups is 1. The Morgan fingerprint density at radius 2 is 1.65 bits per heavy atom. The Kier molecular flexibility index (Phi) is 6.97. The number of aldehydes is 1. The van der Waals surface area contributed by atoms with Gasteiger partial charge in [-0.25, -0.2) is 0 Å². The van der Waals surface area contributed by atoms with Gasteiger partial charge in [0, 0.05) is 5.56 Å². The quantitative estimate of drug-likeness (QED) is 0.484. The fraction of sp³-hybridized carbons (Fsp3) is 0.208. The average molecular weight is 430 g/mol. The summed E-state index contributed by atoms with van der Waals surface area (Å²) in [7, 11) is 0. The Morgan fingerprint density at radius 3 is 2.29 bits per heavy atom. The van der Waals surface area contributed by atoms with Crippen molar-refractivity contribution >= 4 is 6.29 Å². The second kappa shape index (κ2) is 9.66. The van der Waals surface area contributed by atoms with E-state index < -0.39 is 11.7 Å². The smallest absolute Gasteiger partial charge is 0.417 e. The largest absolute Gasteiger partial charge is 0.491 e. The molecule has 162 valence electrons. The first-order valence-electron chi connectivity index (χ1n) is 9.55. The summed E-state index contributed by atoms with van der Waals surface area (Å²) in [6.45, 7) is 1.54. The highest BCUT2D eigenvalue weighted by Gasteiger charge is 2.34. The van der Waals surface area contributed by atoms with Crippen molar-refractivity contribution in [2.24, 2.45) is 0 Å². The van der Waals surface area contributed by atoms with Crippen molar-refractivity contribution in [3.8, 4) is 22.6 Å². The summed E-state index contributed by atoms with van der Waals surface area (Å²) < 4.78 is 52.1. The van der Waals surface area contributed by atoms with Crippen molar-refractivity contribution in [3.63, 3.8) is 0 Å². The molecule has 31 heavy (non-hydrogen) atoms. The zero-order chi connectivity index (χ0) is 22.4. The number of rotatable bonds is 8. The molecule has 0 saturated carbocycles. The molecule has 4 nitrogen and oxygen atoms in total. The minimum absolute atomic E-state index is 0.0403. The molecule has 0 aliphatic carbocycles. The Labute approximate surface area is 177 Å². The van der Waals surface area contributed by atoms with Crippen LogP contribution in [-0.2, 0) is 12.8 Å². The maximum absolute atomic E-state index is 13.7. The van der Waals surface area contributed by atoms with Crippen molar-refractivity contribution in [1.29, 1.82) is 0 Å². The molecule has 1 N–H and O–H groups in total. The van der Waals surface area contributed by atoms with E-state index in [1.807, 2.05) is 0 Å². The van der Waals surface area contributed by atoms with Crippen LogP contribution in [0.1, 0.15) is 27.0 Å². The first-order chi connectivity index (χ1) is 14.8. The topological polar surface area (TPSA) is 55.8 Å². The third-order valence-electron chi connectivity index (χ3n) is 4.80. The SMILES string of the molecule is Cc1c(COc2ccc(C=O)cc2)cccc1-c1ccc(OCCO)cc1C(F)(F)F. The number of benzene rings is 3. The summed E-state index contributed by atoms with van der Waals surface area (Å²) in [5, 5.41) is 8.84. The molecule has 0 bridgehead atoms. The lowest BCUT2D eigenvalue weighted by atomic mass is 9.93. The molecule has 0 spiro atoms. The van der Waals surface area contributed by atoms with Gasteiger partial charge in [-0.3, -0.25) is 4.79 Å². The van der Waals surface area contributed by atoms with Crippen LogP contribution >= 0.6 is 0 Å². The van der Waals surface area contributed by atoms with Crippen molar-refractivity contribution in [3.05, 3.63) is 82.9 Å². The highest BCUT2D eigenvalue weighted by molar-refractivity contribution is 5.75. The Bertz CT molecular complexity index is 1040. The molecule has 0 aliphatic heterocycles. The number of halogens is 3. The molecule has 3 aromatic rings. The van der Waals surface area contributed by atoms with Crippen LogP contribution in [-0.4, -0.2) is 24.6 Å². The van der Waals surface area contributed by atoms with E-state index in [0.29, 0.717) is 22.4 Å². The van der Waals surface area contributed by atoms with Crippen molar-refractivity contribution in [2.45, 2.75) is 19.7 Å². The van der Waals surface area contributed by atoms with E-state index >= 15 is 0 Å². The molecule has 0 fully saturated rings. The van der Waals surface area contributed by atoms with E-state index in [4.69, 9.17) is 14.6 Å². The molecule has 0 atom stereocenters. The predicted molar refractivity (Wildman–Crippen MR) is 110 cm³/mol. The van der Waals surface area contributed by atoms with E-state index in [0.717, 1.165) is 17.9 Å². The summed E-state index contributed by atoms with van der Waals surface area (Å²) in [6, 6.07) is 15.5. The van der Waals surface area contributed by atoms with Crippen LogP contribution in [0.2, 0.25) is 0 Å². The molecular formula is C24H21F3O4. The molecule has 3 rings (SSSR count). The molecule has 0 unspecified atom stereocenters. The number of carbonyl (C=O) groups is 1. The minimum Gasteiger partial charge on any atom is -0.491 e. The van der Waals surface area contributed by atoms with Crippen LogP contribution in [0.15, 0.2) is 60.7 Å². The van der Waals surface area contributed by atoms with Gasteiger partial charge >= 0.3 is 6.18 Å². The van der Waals surface area contributed by atoms with Gasteiger partial charge in [-0.05, 0) is 65.6 Å². The Morgan fingerprint density at radius 1 is 0.935 bits per heavy atom. The average Bonchev–Trinajstić information content (AvgIpc) is 2.76. The molecular weight excluding hydrogens is 409 g/mol. The van der Waals surface area contributed by atoms with Gasteiger partial charge in [-0.1, -0.05) is 24.3 Å². The summed E-state index contributed by atoms with van der Waals surface area (Å²) in [6.07, 6.45) is -3.84. The molecule has 0 radical (unpaired) electrons. The third-order valence-corrected chi connectivity index (χ3v) is 4.80. The Hall–Kier alpha value is -3.32. The lowest BCUT2D eigenvalue weighted by Gasteiger charge is -2.18.